The summed E-state index contributed by atoms with van der Waals surface area (Å²) in [6.07, 6.45) is 0.642. The maximum atomic E-state index is 12.3. The Labute approximate surface area is 131 Å². The number of ether oxygens (including phenoxy) is 1. The topological polar surface area (TPSA) is 58.6 Å². The smallest absolute Gasteiger partial charge is 0.330 e. The fourth-order valence-electron chi connectivity index (χ4n) is 2.20. The third-order valence-corrected chi connectivity index (χ3v) is 4.86. The fraction of sp³-hybridized carbons (Fsp3) is 0.562. The Hall–Kier alpha value is -1.04. The van der Waals surface area contributed by atoms with Gasteiger partial charge >= 0.3 is 5.97 Å². The maximum Gasteiger partial charge on any atom is 0.330 e. The van der Waals surface area contributed by atoms with E-state index in [9.17, 15) is 4.79 Å². The highest BCUT2D eigenvalue weighted by atomic mass is 32.2. The third kappa shape index (κ3) is 4.73. The lowest BCUT2D eigenvalue weighted by Gasteiger charge is -2.31. The normalized spacial score (nSPS) is 15.2. The van der Waals surface area contributed by atoms with Crippen LogP contribution in [0.25, 0.3) is 0 Å². The minimum atomic E-state index is -0.814. The van der Waals surface area contributed by atoms with Gasteiger partial charge in [-0.25, -0.2) is 4.79 Å². The number of likely N-dealkylation sites (N-methyl/N-ethyl adjacent to an activating group) is 1. The summed E-state index contributed by atoms with van der Waals surface area (Å²) in [6.45, 7) is 2.20. The molecule has 1 aromatic rings. The summed E-state index contributed by atoms with van der Waals surface area (Å²) in [7, 11) is 3.20. The molecule has 0 aliphatic rings. The molecule has 2 N–H and O–H groups in total. The van der Waals surface area contributed by atoms with Gasteiger partial charge in [0.2, 0.25) is 0 Å². The molecule has 5 heteroatoms. The molecule has 2 atom stereocenters. The summed E-state index contributed by atoms with van der Waals surface area (Å²) in [5.41, 5.74) is 0.0982. The first kappa shape index (κ1) is 18.0. The van der Waals surface area contributed by atoms with Crippen molar-refractivity contribution in [3.63, 3.8) is 0 Å². The molecule has 0 spiro atoms. The maximum absolute atomic E-state index is 12.3. The molecule has 0 aliphatic carbocycles. The molecular weight excluding hydrogens is 286 g/mol. The number of hydrogen-bond donors (Lipinski definition) is 2. The van der Waals surface area contributed by atoms with Gasteiger partial charge in [-0.2, -0.15) is 11.8 Å². The molecule has 0 saturated carbocycles. The first-order valence-electron chi connectivity index (χ1n) is 7.12. The first-order valence-corrected chi connectivity index (χ1v) is 8.27. The second-order valence-corrected chi connectivity index (χ2v) is 6.28. The Morgan fingerprint density at radius 3 is 2.62 bits per heavy atom. The van der Waals surface area contributed by atoms with Crippen molar-refractivity contribution in [1.29, 1.82) is 0 Å². The molecule has 0 fully saturated rings. The van der Waals surface area contributed by atoms with Gasteiger partial charge in [0.15, 0.2) is 0 Å². The Morgan fingerprint density at radius 2 is 2.10 bits per heavy atom. The van der Waals surface area contributed by atoms with E-state index in [0.717, 1.165) is 17.1 Å². The monoisotopic (exact) mass is 311 g/mol. The summed E-state index contributed by atoms with van der Waals surface area (Å²) in [4.78, 5) is 12.3. The SMILES string of the molecule is CNC(CCSCC(C)CO)(C(=O)OC)c1ccccc1. The van der Waals surface area contributed by atoms with Crippen LogP contribution < -0.4 is 5.32 Å². The zero-order valence-electron chi connectivity index (χ0n) is 13.0. The van der Waals surface area contributed by atoms with E-state index in [1.165, 1.54) is 7.11 Å². The lowest BCUT2D eigenvalue weighted by molar-refractivity contribution is -0.149. The summed E-state index contributed by atoms with van der Waals surface area (Å²) < 4.78 is 5.01. The number of aliphatic hydroxyl groups is 1. The molecule has 0 aliphatic heterocycles. The van der Waals surface area contributed by atoms with E-state index in [4.69, 9.17) is 9.84 Å². The van der Waals surface area contributed by atoms with Crippen molar-refractivity contribution in [2.24, 2.45) is 5.92 Å². The summed E-state index contributed by atoms with van der Waals surface area (Å²) in [5, 5.41) is 12.2. The lowest BCUT2D eigenvalue weighted by Crippen LogP contribution is -2.48. The van der Waals surface area contributed by atoms with Gasteiger partial charge in [0, 0.05) is 6.61 Å². The number of hydrogen-bond acceptors (Lipinski definition) is 5. The van der Waals surface area contributed by atoms with Crippen LogP contribution in [0, 0.1) is 5.92 Å². The van der Waals surface area contributed by atoms with Crippen molar-refractivity contribution < 1.29 is 14.6 Å². The minimum absolute atomic E-state index is 0.194. The quantitative estimate of drug-likeness (QED) is 0.540. The lowest BCUT2D eigenvalue weighted by atomic mass is 9.87. The molecule has 1 aromatic carbocycles. The van der Waals surface area contributed by atoms with Crippen LogP contribution in [-0.2, 0) is 15.1 Å². The van der Waals surface area contributed by atoms with E-state index >= 15 is 0 Å². The van der Waals surface area contributed by atoms with Crippen LogP contribution in [0.2, 0.25) is 0 Å². The number of carbonyl (C=O) groups excluding carboxylic acids is 1. The first-order chi connectivity index (χ1) is 10.1. The van der Waals surface area contributed by atoms with Gasteiger partial charge < -0.3 is 15.2 Å². The minimum Gasteiger partial charge on any atom is -0.467 e. The van der Waals surface area contributed by atoms with E-state index in [2.05, 4.69) is 5.32 Å². The zero-order chi connectivity index (χ0) is 15.7. The Kier molecular flexibility index (Phi) is 7.78. The molecular formula is C16H25NO3S. The van der Waals surface area contributed by atoms with Gasteiger partial charge in [0.1, 0.15) is 5.54 Å². The van der Waals surface area contributed by atoms with Crippen molar-refractivity contribution in [2.75, 3.05) is 32.3 Å². The molecule has 0 amide bonds. The van der Waals surface area contributed by atoms with Crippen LogP contribution in [0.4, 0.5) is 0 Å². The number of nitrogens with one attached hydrogen (secondary N) is 1. The molecule has 0 bridgehead atoms. The van der Waals surface area contributed by atoms with Crippen LogP contribution in [0.1, 0.15) is 18.9 Å². The highest BCUT2D eigenvalue weighted by Gasteiger charge is 2.39. The predicted molar refractivity (Wildman–Crippen MR) is 87.4 cm³/mol. The second-order valence-electron chi connectivity index (χ2n) is 5.13. The molecule has 21 heavy (non-hydrogen) atoms. The largest absolute Gasteiger partial charge is 0.467 e. The van der Waals surface area contributed by atoms with E-state index in [1.807, 2.05) is 37.3 Å². The van der Waals surface area contributed by atoms with Crippen molar-refractivity contribution in [3.8, 4) is 0 Å². The number of benzene rings is 1. The molecule has 2 unspecified atom stereocenters. The summed E-state index contributed by atoms with van der Waals surface area (Å²) in [5.74, 6) is 1.70. The van der Waals surface area contributed by atoms with E-state index in [1.54, 1.807) is 18.8 Å². The van der Waals surface area contributed by atoms with Gasteiger partial charge in [-0.15, -0.1) is 0 Å². The number of rotatable bonds is 9. The van der Waals surface area contributed by atoms with Gasteiger partial charge in [-0.1, -0.05) is 37.3 Å². The fourth-order valence-corrected chi connectivity index (χ4v) is 3.32. The molecule has 0 saturated heterocycles. The van der Waals surface area contributed by atoms with Crippen LogP contribution in [0.3, 0.4) is 0 Å². The average Bonchev–Trinajstić information content (AvgIpc) is 2.55. The Morgan fingerprint density at radius 1 is 1.43 bits per heavy atom. The van der Waals surface area contributed by atoms with Crippen molar-refractivity contribution >= 4 is 17.7 Å². The third-order valence-electron chi connectivity index (χ3n) is 3.56. The highest BCUT2D eigenvalue weighted by molar-refractivity contribution is 7.99. The second kappa shape index (κ2) is 9.07. The van der Waals surface area contributed by atoms with Gasteiger partial charge in [-0.05, 0) is 36.5 Å². The number of esters is 1. The molecule has 1 rings (SSSR count). The summed E-state index contributed by atoms with van der Waals surface area (Å²) >= 11 is 1.74. The van der Waals surface area contributed by atoms with E-state index in [-0.39, 0.29) is 18.5 Å². The molecule has 0 radical (unpaired) electrons. The number of aliphatic hydroxyl groups excluding tert-OH is 1. The molecule has 0 heterocycles. The summed E-state index contributed by atoms with van der Waals surface area (Å²) in [6, 6.07) is 9.65. The van der Waals surface area contributed by atoms with E-state index in [0.29, 0.717) is 6.42 Å². The van der Waals surface area contributed by atoms with Gasteiger partial charge in [0.05, 0.1) is 7.11 Å². The zero-order valence-corrected chi connectivity index (χ0v) is 13.8. The Bertz CT molecular complexity index is 427. The number of carbonyl (C=O) groups is 1. The van der Waals surface area contributed by atoms with Gasteiger partial charge in [0.25, 0.3) is 0 Å². The van der Waals surface area contributed by atoms with Crippen LogP contribution >= 0.6 is 11.8 Å². The molecule has 4 nitrogen and oxygen atoms in total. The van der Waals surface area contributed by atoms with Crippen LogP contribution in [-0.4, -0.2) is 43.3 Å². The number of methoxy groups -OCH3 is 1. The predicted octanol–water partition coefficient (Wildman–Crippen LogP) is 2.03. The highest BCUT2D eigenvalue weighted by Crippen LogP contribution is 2.28. The van der Waals surface area contributed by atoms with Crippen molar-refractivity contribution in [2.45, 2.75) is 18.9 Å². The van der Waals surface area contributed by atoms with Gasteiger partial charge in [-0.3, -0.25) is 0 Å². The van der Waals surface area contributed by atoms with Crippen molar-refractivity contribution in [1.82, 2.24) is 5.32 Å². The number of thioether (sulfide) groups is 1. The average molecular weight is 311 g/mol. The van der Waals surface area contributed by atoms with Crippen molar-refractivity contribution in [3.05, 3.63) is 35.9 Å². The van der Waals surface area contributed by atoms with E-state index < -0.39 is 5.54 Å². The molecule has 118 valence electrons. The van der Waals surface area contributed by atoms with Crippen LogP contribution in [0.15, 0.2) is 30.3 Å². The standard InChI is InChI=1S/C16H25NO3S/c1-13(11-18)12-21-10-9-16(17-2,15(19)20-3)14-7-5-4-6-8-14/h4-8,13,17-18H,9-12H2,1-3H3. The van der Waals surface area contributed by atoms with Crippen LogP contribution in [0.5, 0.6) is 0 Å². The molecule has 0 aromatic heterocycles. The Balaban J connectivity index is 2.80.